The summed E-state index contributed by atoms with van der Waals surface area (Å²) in [4.78, 5) is 15.1. The molecular formula is C14H16N2O2S. The standard InChI is InChI=1S/C14H16N2O2S/c1-9(13(17)18)11-5-2-10(3-6-11)4-7-12-8-19-14(15)16-12/h2-3,5-6,8-9H,4,7H2,1H3,(H2,15,16)(H,17,18). The van der Waals surface area contributed by atoms with E-state index in [0.29, 0.717) is 5.13 Å². The van der Waals surface area contributed by atoms with E-state index in [1.54, 1.807) is 6.92 Å². The fourth-order valence-electron chi connectivity index (χ4n) is 1.83. The second-order valence-electron chi connectivity index (χ2n) is 4.48. The van der Waals surface area contributed by atoms with Crippen molar-refractivity contribution in [2.45, 2.75) is 25.7 Å². The maximum atomic E-state index is 10.9. The van der Waals surface area contributed by atoms with Gasteiger partial charge in [-0.3, -0.25) is 4.79 Å². The summed E-state index contributed by atoms with van der Waals surface area (Å²) >= 11 is 1.45. The van der Waals surface area contributed by atoms with Crippen molar-refractivity contribution in [1.29, 1.82) is 0 Å². The van der Waals surface area contributed by atoms with E-state index in [1.165, 1.54) is 16.9 Å². The lowest BCUT2D eigenvalue weighted by Crippen LogP contribution is -2.07. The number of nitrogens with two attached hydrogens (primary N) is 1. The molecule has 19 heavy (non-hydrogen) atoms. The van der Waals surface area contributed by atoms with Gasteiger partial charge in [0, 0.05) is 5.38 Å². The van der Waals surface area contributed by atoms with E-state index < -0.39 is 11.9 Å². The Bertz CT molecular complexity index is 563. The highest BCUT2D eigenvalue weighted by molar-refractivity contribution is 7.13. The Morgan fingerprint density at radius 2 is 2.05 bits per heavy atom. The van der Waals surface area contributed by atoms with Gasteiger partial charge in [0.05, 0.1) is 11.6 Å². The van der Waals surface area contributed by atoms with Crippen molar-refractivity contribution in [1.82, 2.24) is 4.98 Å². The Kier molecular flexibility index (Phi) is 4.16. The number of carboxylic acids is 1. The van der Waals surface area contributed by atoms with Crippen LogP contribution >= 0.6 is 11.3 Å². The maximum Gasteiger partial charge on any atom is 0.310 e. The molecule has 0 aliphatic rings. The number of benzene rings is 1. The van der Waals surface area contributed by atoms with E-state index in [0.717, 1.165) is 24.1 Å². The zero-order valence-corrected chi connectivity index (χ0v) is 11.5. The predicted octanol–water partition coefficient (Wildman–Crippen LogP) is 2.70. The van der Waals surface area contributed by atoms with Gasteiger partial charge in [0.2, 0.25) is 0 Å². The molecule has 1 aromatic heterocycles. The third-order valence-corrected chi connectivity index (χ3v) is 3.81. The second-order valence-corrected chi connectivity index (χ2v) is 5.37. The van der Waals surface area contributed by atoms with Crippen LogP contribution in [0.2, 0.25) is 0 Å². The first-order valence-corrected chi connectivity index (χ1v) is 6.95. The second kappa shape index (κ2) is 5.84. The van der Waals surface area contributed by atoms with Crippen LogP contribution in [0.25, 0.3) is 0 Å². The Hall–Kier alpha value is -1.88. The number of carboxylic acid groups (broad SMARTS) is 1. The minimum Gasteiger partial charge on any atom is -0.481 e. The largest absolute Gasteiger partial charge is 0.481 e. The van der Waals surface area contributed by atoms with Crippen molar-refractivity contribution in [3.05, 3.63) is 46.5 Å². The number of hydrogen-bond donors (Lipinski definition) is 2. The molecule has 0 saturated carbocycles. The first-order chi connectivity index (χ1) is 9.06. The van der Waals surface area contributed by atoms with Crippen LogP contribution in [0.1, 0.15) is 29.7 Å². The normalized spacial score (nSPS) is 12.3. The fourth-order valence-corrected chi connectivity index (χ4v) is 2.42. The minimum atomic E-state index is -0.800. The van der Waals surface area contributed by atoms with Crippen LogP contribution in [0.4, 0.5) is 5.13 Å². The number of nitrogen functional groups attached to an aromatic ring is 1. The average Bonchev–Trinajstić information content (AvgIpc) is 2.82. The van der Waals surface area contributed by atoms with E-state index >= 15 is 0 Å². The molecule has 100 valence electrons. The molecule has 0 bridgehead atoms. The number of aryl methyl sites for hydroxylation is 2. The van der Waals surface area contributed by atoms with Crippen LogP contribution in [0.15, 0.2) is 29.6 Å². The molecule has 0 aliphatic heterocycles. The van der Waals surface area contributed by atoms with Gasteiger partial charge in [-0.25, -0.2) is 4.98 Å². The highest BCUT2D eigenvalue weighted by Crippen LogP contribution is 2.18. The number of thiazole rings is 1. The zero-order chi connectivity index (χ0) is 13.8. The van der Waals surface area contributed by atoms with Gasteiger partial charge < -0.3 is 10.8 Å². The summed E-state index contributed by atoms with van der Waals surface area (Å²) in [6, 6.07) is 7.71. The van der Waals surface area contributed by atoms with Crippen molar-refractivity contribution in [3.8, 4) is 0 Å². The Labute approximate surface area is 115 Å². The zero-order valence-electron chi connectivity index (χ0n) is 10.7. The topological polar surface area (TPSA) is 76.2 Å². The van der Waals surface area contributed by atoms with Gasteiger partial charge in [-0.1, -0.05) is 24.3 Å². The molecule has 2 aromatic rings. The van der Waals surface area contributed by atoms with Gasteiger partial charge in [-0.15, -0.1) is 11.3 Å². The van der Waals surface area contributed by atoms with Gasteiger partial charge >= 0.3 is 5.97 Å². The van der Waals surface area contributed by atoms with Crippen molar-refractivity contribution < 1.29 is 9.90 Å². The SMILES string of the molecule is CC(C(=O)O)c1ccc(CCc2csc(N)n2)cc1. The summed E-state index contributed by atoms with van der Waals surface area (Å²) in [5.41, 5.74) is 8.59. The first-order valence-electron chi connectivity index (χ1n) is 6.08. The van der Waals surface area contributed by atoms with Crippen LogP contribution in [-0.2, 0) is 17.6 Å². The van der Waals surface area contributed by atoms with E-state index in [9.17, 15) is 4.79 Å². The molecule has 0 amide bonds. The predicted molar refractivity (Wildman–Crippen MR) is 76.4 cm³/mol. The van der Waals surface area contributed by atoms with Crippen LogP contribution < -0.4 is 5.73 Å². The third kappa shape index (κ3) is 3.54. The number of hydrogen-bond acceptors (Lipinski definition) is 4. The Morgan fingerprint density at radius 1 is 1.37 bits per heavy atom. The molecule has 5 heteroatoms. The third-order valence-electron chi connectivity index (χ3n) is 3.09. The summed E-state index contributed by atoms with van der Waals surface area (Å²) in [5.74, 6) is -1.27. The van der Waals surface area contributed by atoms with Crippen LogP contribution in [0, 0.1) is 0 Å². The van der Waals surface area contributed by atoms with Crippen molar-refractivity contribution >= 4 is 22.4 Å². The van der Waals surface area contributed by atoms with Crippen LogP contribution in [0.5, 0.6) is 0 Å². The van der Waals surface area contributed by atoms with Crippen LogP contribution in [0.3, 0.4) is 0 Å². The van der Waals surface area contributed by atoms with Crippen LogP contribution in [-0.4, -0.2) is 16.1 Å². The molecule has 0 radical (unpaired) electrons. The monoisotopic (exact) mass is 276 g/mol. The lowest BCUT2D eigenvalue weighted by Gasteiger charge is -2.07. The van der Waals surface area contributed by atoms with Gasteiger partial charge in [-0.05, 0) is 30.9 Å². The number of carbonyl (C=O) groups is 1. The number of aliphatic carboxylic acids is 1. The molecule has 0 spiro atoms. The van der Waals surface area contributed by atoms with Gasteiger partial charge in [0.1, 0.15) is 0 Å². The van der Waals surface area contributed by atoms with E-state index in [2.05, 4.69) is 4.98 Å². The smallest absolute Gasteiger partial charge is 0.310 e. The molecule has 1 aromatic carbocycles. The quantitative estimate of drug-likeness (QED) is 0.880. The number of nitrogens with zero attached hydrogens (tertiary/aromatic N) is 1. The average molecular weight is 276 g/mol. The summed E-state index contributed by atoms with van der Waals surface area (Å²) < 4.78 is 0. The molecule has 0 fully saturated rings. The molecule has 1 heterocycles. The van der Waals surface area contributed by atoms with Gasteiger partial charge in [-0.2, -0.15) is 0 Å². The van der Waals surface area contributed by atoms with Gasteiger partial charge in [0.25, 0.3) is 0 Å². The lowest BCUT2D eigenvalue weighted by molar-refractivity contribution is -0.138. The molecule has 3 N–H and O–H groups in total. The summed E-state index contributed by atoms with van der Waals surface area (Å²) in [6.07, 6.45) is 1.73. The molecule has 4 nitrogen and oxygen atoms in total. The maximum absolute atomic E-state index is 10.9. The highest BCUT2D eigenvalue weighted by atomic mass is 32.1. The molecule has 1 atom stereocenters. The summed E-state index contributed by atoms with van der Waals surface area (Å²) in [5, 5.41) is 11.5. The molecule has 0 saturated heterocycles. The molecule has 1 unspecified atom stereocenters. The van der Waals surface area contributed by atoms with E-state index in [-0.39, 0.29) is 0 Å². The summed E-state index contributed by atoms with van der Waals surface area (Å²) in [7, 11) is 0. The highest BCUT2D eigenvalue weighted by Gasteiger charge is 2.12. The minimum absolute atomic E-state index is 0.465. The fraction of sp³-hybridized carbons (Fsp3) is 0.286. The van der Waals surface area contributed by atoms with Crippen molar-refractivity contribution in [2.24, 2.45) is 0 Å². The molecule has 0 aliphatic carbocycles. The Balaban J connectivity index is 1.97. The van der Waals surface area contributed by atoms with Crippen molar-refractivity contribution in [2.75, 3.05) is 5.73 Å². The molecular weight excluding hydrogens is 260 g/mol. The van der Waals surface area contributed by atoms with Gasteiger partial charge in [0.15, 0.2) is 5.13 Å². The summed E-state index contributed by atoms with van der Waals surface area (Å²) in [6.45, 7) is 1.69. The number of rotatable bonds is 5. The number of anilines is 1. The lowest BCUT2D eigenvalue weighted by atomic mass is 9.99. The van der Waals surface area contributed by atoms with E-state index in [4.69, 9.17) is 10.8 Å². The Morgan fingerprint density at radius 3 is 2.58 bits per heavy atom. The molecule has 2 rings (SSSR count). The van der Waals surface area contributed by atoms with E-state index in [1.807, 2.05) is 29.6 Å². The number of aromatic nitrogens is 1. The first kappa shape index (κ1) is 13.5. The van der Waals surface area contributed by atoms with Crippen molar-refractivity contribution in [3.63, 3.8) is 0 Å².